The summed E-state index contributed by atoms with van der Waals surface area (Å²) in [5, 5.41) is 10.6. The smallest absolute Gasteiger partial charge is 0.322 e. The van der Waals surface area contributed by atoms with Gasteiger partial charge in [0.2, 0.25) is 10.0 Å². The average molecular weight is 379 g/mol. The Morgan fingerprint density at radius 2 is 1.84 bits per heavy atom. The summed E-state index contributed by atoms with van der Waals surface area (Å²) in [4.78, 5) is 22.9. The van der Waals surface area contributed by atoms with Crippen LogP contribution in [0.1, 0.15) is 13.3 Å². The van der Waals surface area contributed by atoms with E-state index in [4.69, 9.17) is 0 Å². The molecule has 25 heavy (non-hydrogen) atoms. The van der Waals surface area contributed by atoms with Crippen molar-refractivity contribution in [2.24, 2.45) is 0 Å². The molecule has 132 valence electrons. The van der Waals surface area contributed by atoms with Crippen LogP contribution in [0.5, 0.6) is 0 Å². The first-order chi connectivity index (χ1) is 11.8. The van der Waals surface area contributed by atoms with Crippen molar-refractivity contribution in [2.75, 3.05) is 6.54 Å². The van der Waals surface area contributed by atoms with Gasteiger partial charge in [-0.15, -0.1) is 0 Å². The third-order valence-corrected chi connectivity index (χ3v) is 7.04. The van der Waals surface area contributed by atoms with Gasteiger partial charge in [0, 0.05) is 18.7 Å². The van der Waals surface area contributed by atoms with Crippen LogP contribution in [0.25, 0.3) is 10.8 Å². The number of thioether (sulfide) groups is 1. The lowest BCUT2D eigenvalue weighted by molar-refractivity contribution is -0.140. The molecule has 6 nitrogen and oxygen atoms in total. The highest BCUT2D eigenvalue weighted by molar-refractivity contribution is 8.14. The minimum Gasteiger partial charge on any atom is -0.480 e. The Bertz CT molecular complexity index is 941. The average Bonchev–Trinajstić information content (AvgIpc) is 2.98. The van der Waals surface area contributed by atoms with E-state index in [0.29, 0.717) is 0 Å². The molecule has 2 unspecified atom stereocenters. The minimum absolute atomic E-state index is 0.0103. The van der Waals surface area contributed by atoms with E-state index in [2.05, 4.69) is 0 Å². The number of carboxylic acid groups (broad SMARTS) is 1. The van der Waals surface area contributed by atoms with Gasteiger partial charge in [-0.05, 0) is 29.3 Å². The first-order valence-electron chi connectivity index (χ1n) is 7.69. The summed E-state index contributed by atoms with van der Waals surface area (Å²) < 4.78 is 27.0. The van der Waals surface area contributed by atoms with E-state index in [1.165, 1.54) is 13.0 Å². The molecule has 0 radical (unpaired) electrons. The van der Waals surface area contributed by atoms with Crippen LogP contribution in [0.2, 0.25) is 0 Å². The maximum atomic E-state index is 13.0. The Labute approximate surface area is 149 Å². The molecule has 2 aromatic rings. The van der Waals surface area contributed by atoms with Crippen molar-refractivity contribution < 1.29 is 23.1 Å². The van der Waals surface area contributed by atoms with Crippen molar-refractivity contribution in [1.82, 2.24) is 4.31 Å². The van der Waals surface area contributed by atoms with Gasteiger partial charge in [0.15, 0.2) is 5.12 Å². The summed E-state index contributed by atoms with van der Waals surface area (Å²) in [7, 11) is -3.97. The molecular formula is C17H17NO5S2. The highest BCUT2D eigenvalue weighted by atomic mass is 32.2. The monoisotopic (exact) mass is 379 g/mol. The number of hydrogen-bond acceptors (Lipinski definition) is 5. The van der Waals surface area contributed by atoms with Crippen LogP contribution in [0.15, 0.2) is 47.4 Å². The number of nitrogens with zero attached hydrogens (tertiary/aromatic N) is 1. The molecule has 0 spiro atoms. The zero-order chi connectivity index (χ0) is 18.2. The van der Waals surface area contributed by atoms with Gasteiger partial charge in [0.25, 0.3) is 0 Å². The Kier molecular flexibility index (Phi) is 4.86. The number of aliphatic carboxylic acids is 1. The Balaban J connectivity index is 1.98. The topological polar surface area (TPSA) is 91.8 Å². The van der Waals surface area contributed by atoms with Crippen molar-refractivity contribution in [3.8, 4) is 0 Å². The van der Waals surface area contributed by atoms with Crippen LogP contribution in [0.3, 0.4) is 0 Å². The first kappa shape index (κ1) is 17.9. The van der Waals surface area contributed by atoms with Gasteiger partial charge in [-0.25, -0.2) is 8.42 Å². The maximum Gasteiger partial charge on any atom is 0.322 e. The normalized spacial score (nSPS) is 21.5. The maximum absolute atomic E-state index is 13.0. The summed E-state index contributed by atoms with van der Waals surface area (Å²) in [6, 6.07) is 10.9. The van der Waals surface area contributed by atoms with Crippen molar-refractivity contribution in [3.05, 3.63) is 42.5 Å². The molecule has 1 aliphatic rings. The predicted octanol–water partition coefficient (Wildman–Crippen LogP) is 2.34. The highest BCUT2D eigenvalue weighted by Gasteiger charge is 2.44. The van der Waals surface area contributed by atoms with Gasteiger partial charge >= 0.3 is 5.97 Å². The molecule has 0 aromatic heterocycles. The lowest BCUT2D eigenvalue weighted by Crippen LogP contribution is -2.40. The summed E-state index contributed by atoms with van der Waals surface area (Å²) in [5.41, 5.74) is 0. The van der Waals surface area contributed by atoms with Crippen LogP contribution in [-0.2, 0) is 19.6 Å². The van der Waals surface area contributed by atoms with Crippen molar-refractivity contribution >= 4 is 43.6 Å². The Morgan fingerprint density at radius 3 is 2.48 bits per heavy atom. The zero-order valence-corrected chi connectivity index (χ0v) is 15.1. The molecule has 2 aromatic carbocycles. The number of hydrogen-bond donors (Lipinski definition) is 1. The van der Waals surface area contributed by atoms with E-state index in [9.17, 15) is 23.1 Å². The van der Waals surface area contributed by atoms with Crippen LogP contribution in [-0.4, -0.2) is 46.8 Å². The van der Waals surface area contributed by atoms with Crippen molar-refractivity contribution in [1.29, 1.82) is 0 Å². The minimum atomic E-state index is -3.97. The second-order valence-electron chi connectivity index (χ2n) is 5.90. The van der Waals surface area contributed by atoms with Crippen LogP contribution in [0.4, 0.5) is 0 Å². The van der Waals surface area contributed by atoms with Gasteiger partial charge < -0.3 is 5.11 Å². The molecule has 1 aliphatic heterocycles. The van der Waals surface area contributed by atoms with E-state index < -0.39 is 22.0 Å². The lowest BCUT2D eigenvalue weighted by atomic mass is 10.1. The van der Waals surface area contributed by atoms with Crippen molar-refractivity contribution in [3.63, 3.8) is 0 Å². The summed E-state index contributed by atoms with van der Waals surface area (Å²) in [5.74, 6) is -1.20. The molecule has 0 amide bonds. The summed E-state index contributed by atoms with van der Waals surface area (Å²) in [6.07, 6.45) is 0.117. The third kappa shape index (κ3) is 3.56. The highest BCUT2D eigenvalue weighted by Crippen LogP contribution is 2.33. The molecule has 8 heteroatoms. The van der Waals surface area contributed by atoms with Gasteiger partial charge in [0.1, 0.15) is 6.04 Å². The molecule has 1 heterocycles. The second kappa shape index (κ2) is 6.78. The summed E-state index contributed by atoms with van der Waals surface area (Å²) >= 11 is 0.992. The number of rotatable bonds is 4. The predicted molar refractivity (Wildman–Crippen MR) is 95.9 cm³/mol. The van der Waals surface area contributed by atoms with E-state index in [1.54, 1.807) is 18.2 Å². The fourth-order valence-corrected chi connectivity index (χ4v) is 5.79. The number of fused-ring (bicyclic) bond motifs is 1. The number of carboxylic acids is 1. The molecular weight excluding hydrogens is 362 g/mol. The molecule has 1 fully saturated rings. The van der Waals surface area contributed by atoms with Crippen LogP contribution in [0, 0.1) is 0 Å². The molecule has 1 saturated heterocycles. The van der Waals surface area contributed by atoms with Gasteiger partial charge in [-0.3, -0.25) is 9.59 Å². The Morgan fingerprint density at radius 1 is 1.16 bits per heavy atom. The number of benzene rings is 2. The third-order valence-electron chi connectivity index (χ3n) is 4.16. The van der Waals surface area contributed by atoms with E-state index in [1.807, 2.05) is 18.2 Å². The molecule has 1 N–H and O–H groups in total. The fourth-order valence-electron chi connectivity index (χ4n) is 3.04. The second-order valence-corrected chi connectivity index (χ2v) is 9.27. The fraction of sp³-hybridized carbons (Fsp3) is 0.294. The van der Waals surface area contributed by atoms with Gasteiger partial charge in [-0.1, -0.05) is 42.1 Å². The van der Waals surface area contributed by atoms with E-state index in [-0.39, 0.29) is 28.2 Å². The van der Waals surface area contributed by atoms with Crippen molar-refractivity contribution in [2.45, 2.75) is 29.5 Å². The number of carbonyl (C=O) groups excluding carboxylic acids is 1. The van der Waals surface area contributed by atoms with Gasteiger partial charge in [-0.2, -0.15) is 4.31 Å². The molecule has 2 atom stereocenters. The molecule has 0 saturated carbocycles. The lowest BCUT2D eigenvalue weighted by Gasteiger charge is -2.21. The van der Waals surface area contributed by atoms with E-state index in [0.717, 1.165) is 26.8 Å². The SMILES string of the molecule is CC(=O)SC1CC(C(=O)O)N(S(=O)(=O)c2ccc3ccccc3c2)C1. The quantitative estimate of drug-likeness (QED) is 0.877. The molecule has 3 rings (SSSR count). The largest absolute Gasteiger partial charge is 0.480 e. The van der Waals surface area contributed by atoms with E-state index >= 15 is 0 Å². The van der Waals surface area contributed by atoms with Crippen LogP contribution >= 0.6 is 11.8 Å². The molecule has 0 aliphatic carbocycles. The first-order valence-corrected chi connectivity index (χ1v) is 10.0. The molecule has 0 bridgehead atoms. The van der Waals surface area contributed by atoms with Gasteiger partial charge in [0.05, 0.1) is 4.90 Å². The standard InChI is InChI=1S/C17H17NO5S2/c1-11(19)24-14-9-16(17(20)21)18(10-14)25(22,23)15-7-6-12-4-2-3-5-13(12)8-15/h2-8,14,16H,9-10H2,1H3,(H,20,21). The number of carbonyl (C=O) groups is 2. The van der Waals surface area contributed by atoms with Crippen LogP contribution < -0.4 is 0 Å². The summed E-state index contributed by atoms with van der Waals surface area (Å²) in [6.45, 7) is 1.40. The number of sulfonamides is 1. The Hall–Kier alpha value is -1.90. The zero-order valence-electron chi connectivity index (χ0n) is 13.5.